The maximum Gasteiger partial charge on any atom is 0.305 e. The van der Waals surface area contributed by atoms with Crippen LogP contribution in [0.15, 0.2) is 30.3 Å². The van der Waals surface area contributed by atoms with Crippen molar-refractivity contribution in [2.24, 2.45) is 5.92 Å². The van der Waals surface area contributed by atoms with Gasteiger partial charge in [0.05, 0.1) is 7.11 Å². The summed E-state index contributed by atoms with van der Waals surface area (Å²) in [6.45, 7) is 5.73. The van der Waals surface area contributed by atoms with Gasteiger partial charge in [-0.25, -0.2) is 0 Å². The minimum absolute atomic E-state index is 0.0737. The molecule has 2 heterocycles. The van der Waals surface area contributed by atoms with E-state index in [1.807, 2.05) is 0 Å². The van der Waals surface area contributed by atoms with Crippen molar-refractivity contribution in [3.05, 3.63) is 35.9 Å². The van der Waals surface area contributed by atoms with E-state index in [9.17, 15) is 4.79 Å². The molecule has 2 aliphatic rings. The first-order valence-electron chi connectivity index (χ1n) is 9.33. The number of hydrogen-bond donors (Lipinski definition) is 0. The molecule has 0 radical (unpaired) electrons. The number of benzene rings is 1. The fraction of sp³-hybridized carbons (Fsp3) is 0.650. The highest BCUT2D eigenvalue weighted by molar-refractivity contribution is 5.69. The standard InChI is InChI=1S/C20H30N2O2/c1-24-20(23)10-9-18-16-21(15-17-7-3-2-4-8-17)14-11-19(18)22-12-5-6-13-22/h2-4,7-8,18-19H,5-6,9-16H2,1H3/t18-,19-/m1/s1. The van der Waals surface area contributed by atoms with Gasteiger partial charge in [0, 0.05) is 25.6 Å². The van der Waals surface area contributed by atoms with Crippen LogP contribution >= 0.6 is 0 Å². The second kappa shape index (κ2) is 8.63. The van der Waals surface area contributed by atoms with Gasteiger partial charge in [0.25, 0.3) is 0 Å². The SMILES string of the molecule is COC(=O)CC[C@@H]1CN(Cc2ccccc2)CC[C@H]1N1CCCC1. The van der Waals surface area contributed by atoms with Crippen molar-refractivity contribution in [3.8, 4) is 0 Å². The molecule has 0 spiro atoms. The number of carbonyl (C=O) groups is 1. The third-order valence-corrected chi connectivity index (χ3v) is 5.58. The molecule has 1 aromatic rings. The van der Waals surface area contributed by atoms with E-state index >= 15 is 0 Å². The van der Waals surface area contributed by atoms with Gasteiger partial charge in [0.1, 0.15) is 0 Å². The summed E-state index contributed by atoms with van der Waals surface area (Å²) < 4.78 is 4.86. The molecule has 2 aliphatic heterocycles. The molecule has 2 fully saturated rings. The lowest BCUT2D eigenvalue weighted by Gasteiger charge is -2.43. The Hall–Kier alpha value is -1.39. The van der Waals surface area contributed by atoms with Crippen LogP contribution in [0, 0.1) is 5.92 Å². The monoisotopic (exact) mass is 330 g/mol. The molecule has 0 bridgehead atoms. The molecule has 0 unspecified atom stereocenters. The van der Waals surface area contributed by atoms with Crippen LogP contribution in [0.5, 0.6) is 0 Å². The lowest BCUT2D eigenvalue weighted by molar-refractivity contribution is -0.141. The van der Waals surface area contributed by atoms with Crippen LogP contribution < -0.4 is 0 Å². The van der Waals surface area contributed by atoms with Gasteiger partial charge in [-0.15, -0.1) is 0 Å². The fourth-order valence-corrected chi connectivity index (χ4v) is 4.32. The number of piperidine rings is 1. The molecule has 4 nitrogen and oxygen atoms in total. The molecule has 0 aromatic heterocycles. The molecule has 0 N–H and O–H groups in total. The van der Waals surface area contributed by atoms with E-state index in [0.717, 1.165) is 26.1 Å². The third-order valence-electron chi connectivity index (χ3n) is 5.58. The molecule has 2 saturated heterocycles. The summed E-state index contributed by atoms with van der Waals surface area (Å²) in [4.78, 5) is 16.8. The Morgan fingerprint density at radius 3 is 2.62 bits per heavy atom. The van der Waals surface area contributed by atoms with Crippen LogP contribution in [0.2, 0.25) is 0 Å². The van der Waals surface area contributed by atoms with Crippen molar-refractivity contribution in [1.29, 1.82) is 0 Å². The summed E-state index contributed by atoms with van der Waals surface area (Å²) in [5.41, 5.74) is 1.38. The topological polar surface area (TPSA) is 32.8 Å². The van der Waals surface area contributed by atoms with Crippen LogP contribution in [-0.4, -0.2) is 55.1 Å². The second-order valence-corrected chi connectivity index (χ2v) is 7.19. The Balaban J connectivity index is 1.61. The normalized spacial score (nSPS) is 25.7. The molecular formula is C20H30N2O2. The zero-order chi connectivity index (χ0) is 16.8. The number of esters is 1. The summed E-state index contributed by atoms with van der Waals surface area (Å²) in [5.74, 6) is 0.495. The van der Waals surface area contributed by atoms with Gasteiger partial charge >= 0.3 is 5.97 Å². The summed E-state index contributed by atoms with van der Waals surface area (Å²) in [7, 11) is 1.49. The van der Waals surface area contributed by atoms with Crippen LogP contribution in [0.1, 0.15) is 37.7 Å². The third kappa shape index (κ3) is 4.58. The van der Waals surface area contributed by atoms with E-state index < -0.39 is 0 Å². The lowest BCUT2D eigenvalue weighted by atomic mass is 9.87. The first-order valence-corrected chi connectivity index (χ1v) is 9.33. The van der Waals surface area contributed by atoms with Crippen LogP contribution in [0.3, 0.4) is 0 Å². The number of methoxy groups -OCH3 is 1. The number of rotatable bonds is 6. The fourth-order valence-electron chi connectivity index (χ4n) is 4.32. The molecule has 0 saturated carbocycles. The molecule has 132 valence electrons. The van der Waals surface area contributed by atoms with Gasteiger partial charge in [0.15, 0.2) is 0 Å². The predicted molar refractivity (Wildman–Crippen MR) is 95.7 cm³/mol. The van der Waals surface area contributed by atoms with Gasteiger partial charge in [0.2, 0.25) is 0 Å². The summed E-state index contributed by atoms with van der Waals surface area (Å²) >= 11 is 0. The maximum absolute atomic E-state index is 11.6. The van der Waals surface area contributed by atoms with Crippen molar-refractivity contribution < 1.29 is 9.53 Å². The van der Waals surface area contributed by atoms with Gasteiger partial charge in [-0.1, -0.05) is 30.3 Å². The number of ether oxygens (including phenoxy) is 1. The summed E-state index contributed by atoms with van der Waals surface area (Å²) in [5, 5.41) is 0. The largest absolute Gasteiger partial charge is 0.469 e. The molecule has 0 aliphatic carbocycles. The summed E-state index contributed by atoms with van der Waals surface area (Å²) in [6, 6.07) is 11.3. The van der Waals surface area contributed by atoms with E-state index in [0.29, 0.717) is 18.4 Å². The quantitative estimate of drug-likeness (QED) is 0.751. The average molecular weight is 330 g/mol. The molecular weight excluding hydrogens is 300 g/mol. The van der Waals surface area contributed by atoms with Crippen LogP contribution in [0.25, 0.3) is 0 Å². The first kappa shape index (κ1) is 17.4. The molecule has 0 amide bonds. The predicted octanol–water partition coefficient (Wildman–Crippen LogP) is 2.93. The van der Waals surface area contributed by atoms with Crippen molar-refractivity contribution in [3.63, 3.8) is 0 Å². The minimum Gasteiger partial charge on any atom is -0.469 e. The highest BCUT2D eigenvalue weighted by Gasteiger charge is 2.34. The molecule has 2 atom stereocenters. The first-order chi connectivity index (χ1) is 11.8. The Bertz CT molecular complexity index is 514. The highest BCUT2D eigenvalue weighted by Crippen LogP contribution is 2.29. The molecule has 4 heteroatoms. The molecule has 1 aromatic carbocycles. The maximum atomic E-state index is 11.6. The highest BCUT2D eigenvalue weighted by atomic mass is 16.5. The van der Waals surface area contributed by atoms with Gasteiger partial charge < -0.3 is 9.64 Å². The van der Waals surface area contributed by atoms with Crippen LogP contribution in [0.4, 0.5) is 0 Å². The Morgan fingerprint density at radius 2 is 1.92 bits per heavy atom. The van der Waals surface area contributed by atoms with E-state index in [1.54, 1.807) is 0 Å². The molecule has 24 heavy (non-hydrogen) atoms. The van der Waals surface area contributed by atoms with E-state index in [1.165, 1.54) is 45.0 Å². The van der Waals surface area contributed by atoms with E-state index in [4.69, 9.17) is 4.74 Å². The zero-order valence-electron chi connectivity index (χ0n) is 14.8. The van der Waals surface area contributed by atoms with Crippen molar-refractivity contribution in [2.75, 3.05) is 33.3 Å². The Kier molecular flexibility index (Phi) is 6.27. The second-order valence-electron chi connectivity index (χ2n) is 7.19. The van der Waals surface area contributed by atoms with Gasteiger partial charge in [-0.3, -0.25) is 9.69 Å². The van der Waals surface area contributed by atoms with Crippen molar-refractivity contribution in [1.82, 2.24) is 9.80 Å². The molecule has 3 rings (SSSR count). The Morgan fingerprint density at radius 1 is 1.17 bits per heavy atom. The van der Waals surface area contributed by atoms with E-state index in [2.05, 4.69) is 40.1 Å². The van der Waals surface area contributed by atoms with Crippen LogP contribution in [-0.2, 0) is 16.1 Å². The average Bonchev–Trinajstić information content (AvgIpc) is 3.15. The Labute approximate surface area is 145 Å². The summed E-state index contributed by atoms with van der Waals surface area (Å²) in [6.07, 6.45) is 5.37. The lowest BCUT2D eigenvalue weighted by Crippen LogP contribution is -2.50. The zero-order valence-corrected chi connectivity index (χ0v) is 14.8. The number of nitrogens with zero attached hydrogens (tertiary/aromatic N) is 2. The van der Waals surface area contributed by atoms with E-state index in [-0.39, 0.29) is 5.97 Å². The van der Waals surface area contributed by atoms with Gasteiger partial charge in [-0.05, 0) is 56.8 Å². The number of carbonyl (C=O) groups excluding carboxylic acids is 1. The van der Waals surface area contributed by atoms with Crippen molar-refractivity contribution >= 4 is 5.97 Å². The van der Waals surface area contributed by atoms with Crippen molar-refractivity contribution in [2.45, 2.75) is 44.7 Å². The smallest absolute Gasteiger partial charge is 0.305 e. The van der Waals surface area contributed by atoms with Gasteiger partial charge in [-0.2, -0.15) is 0 Å². The minimum atomic E-state index is -0.0737. The number of hydrogen-bond acceptors (Lipinski definition) is 4. The number of likely N-dealkylation sites (tertiary alicyclic amines) is 2.